The van der Waals surface area contributed by atoms with E-state index in [4.69, 9.17) is 15.2 Å². The molecule has 28 heavy (non-hydrogen) atoms. The fourth-order valence-electron chi connectivity index (χ4n) is 2.65. The maximum atomic E-state index is 12.4. The summed E-state index contributed by atoms with van der Waals surface area (Å²) in [7, 11) is 0. The van der Waals surface area contributed by atoms with Gasteiger partial charge in [-0.15, -0.1) is 23.1 Å². The zero-order valence-electron chi connectivity index (χ0n) is 15.4. The Labute approximate surface area is 170 Å². The molecule has 3 rings (SSSR count). The van der Waals surface area contributed by atoms with Crippen molar-refractivity contribution < 1.29 is 19.1 Å². The lowest BCUT2D eigenvalue weighted by Gasteiger charge is -2.08. The van der Waals surface area contributed by atoms with Gasteiger partial charge in [0.25, 0.3) is 0 Å². The van der Waals surface area contributed by atoms with Crippen molar-refractivity contribution in [1.82, 2.24) is 9.97 Å². The van der Waals surface area contributed by atoms with Crippen molar-refractivity contribution >= 4 is 50.9 Å². The number of carbonyl (C=O) groups is 2. The molecule has 2 heterocycles. The third-order valence-electron chi connectivity index (χ3n) is 3.83. The van der Waals surface area contributed by atoms with Crippen LogP contribution in [-0.4, -0.2) is 35.1 Å². The summed E-state index contributed by atoms with van der Waals surface area (Å²) in [6, 6.07) is 7.64. The first-order valence-electron chi connectivity index (χ1n) is 8.64. The minimum Gasteiger partial charge on any atom is -0.462 e. The van der Waals surface area contributed by atoms with Crippen molar-refractivity contribution in [3.8, 4) is 0 Å². The van der Waals surface area contributed by atoms with E-state index in [9.17, 15) is 9.59 Å². The second-order valence-electron chi connectivity index (χ2n) is 5.57. The molecule has 0 atom stereocenters. The molecule has 0 unspecified atom stereocenters. The lowest BCUT2D eigenvalue weighted by Crippen LogP contribution is -2.11. The summed E-state index contributed by atoms with van der Waals surface area (Å²) in [6.07, 6.45) is 1.49. The zero-order valence-corrected chi connectivity index (χ0v) is 17.1. The van der Waals surface area contributed by atoms with E-state index in [1.165, 1.54) is 18.1 Å². The average molecular weight is 418 g/mol. The number of nitrogens with two attached hydrogens (primary N) is 1. The third-order valence-corrected chi connectivity index (χ3v) is 5.91. The lowest BCUT2D eigenvalue weighted by atomic mass is 10.1. The molecular weight excluding hydrogens is 398 g/mol. The lowest BCUT2D eigenvalue weighted by molar-refractivity contribution is 0.0527. The molecule has 0 amide bonds. The molecule has 0 bridgehead atoms. The second kappa shape index (κ2) is 9.03. The van der Waals surface area contributed by atoms with Crippen molar-refractivity contribution in [3.05, 3.63) is 46.6 Å². The number of aromatic nitrogens is 2. The minimum atomic E-state index is -0.546. The molecule has 2 N–H and O–H groups in total. The summed E-state index contributed by atoms with van der Waals surface area (Å²) >= 11 is 2.44. The quantitative estimate of drug-likeness (QED) is 0.350. The molecule has 7 nitrogen and oxygen atoms in total. The molecule has 0 aliphatic rings. The molecule has 0 saturated heterocycles. The van der Waals surface area contributed by atoms with Gasteiger partial charge in [0.05, 0.1) is 24.3 Å². The normalized spacial score (nSPS) is 10.8. The number of para-hydroxylation sites is 1. The van der Waals surface area contributed by atoms with Gasteiger partial charge in [0.1, 0.15) is 21.2 Å². The van der Waals surface area contributed by atoms with Gasteiger partial charge in [-0.2, -0.15) is 0 Å². The Hall–Kier alpha value is -2.65. The Kier molecular flexibility index (Phi) is 6.48. The van der Waals surface area contributed by atoms with E-state index in [0.717, 1.165) is 27.3 Å². The monoisotopic (exact) mass is 417 g/mol. The van der Waals surface area contributed by atoms with Gasteiger partial charge in [-0.05, 0) is 19.9 Å². The number of esters is 2. The van der Waals surface area contributed by atoms with Gasteiger partial charge in [0.15, 0.2) is 0 Å². The van der Waals surface area contributed by atoms with Crippen molar-refractivity contribution in [3.63, 3.8) is 0 Å². The van der Waals surface area contributed by atoms with Crippen LogP contribution in [-0.2, 0) is 15.2 Å². The highest BCUT2D eigenvalue weighted by Gasteiger charge is 2.27. The smallest absolute Gasteiger partial charge is 0.348 e. The fourth-order valence-corrected chi connectivity index (χ4v) is 4.73. The van der Waals surface area contributed by atoms with E-state index in [1.54, 1.807) is 13.8 Å². The summed E-state index contributed by atoms with van der Waals surface area (Å²) in [5.74, 6) is -0.732. The van der Waals surface area contributed by atoms with Crippen LogP contribution in [0, 0.1) is 0 Å². The van der Waals surface area contributed by atoms with E-state index in [-0.39, 0.29) is 23.8 Å². The number of hydrogen-bond acceptors (Lipinski definition) is 9. The van der Waals surface area contributed by atoms with E-state index < -0.39 is 11.9 Å². The van der Waals surface area contributed by atoms with Crippen LogP contribution in [0.1, 0.15) is 39.4 Å². The molecular formula is C19H19N3O4S2. The van der Waals surface area contributed by atoms with Crippen molar-refractivity contribution in [1.29, 1.82) is 0 Å². The first-order chi connectivity index (χ1) is 13.6. The number of fused-ring (bicyclic) bond motifs is 1. The maximum absolute atomic E-state index is 12.4. The number of thioether (sulfide) groups is 1. The first-order valence-corrected chi connectivity index (χ1v) is 10.4. The summed E-state index contributed by atoms with van der Waals surface area (Å²) in [6.45, 7) is 3.89. The maximum Gasteiger partial charge on any atom is 0.348 e. The largest absolute Gasteiger partial charge is 0.462 e. The van der Waals surface area contributed by atoms with E-state index in [1.807, 2.05) is 24.3 Å². The van der Waals surface area contributed by atoms with Crippen molar-refractivity contribution in [2.45, 2.75) is 24.6 Å². The number of nitrogens with zero attached hydrogens (tertiary/aromatic N) is 2. The van der Waals surface area contributed by atoms with Crippen LogP contribution >= 0.6 is 23.1 Å². The molecule has 0 aliphatic heterocycles. The van der Waals surface area contributed by atoms with Crippen LogP contribution in [0.25, 0.3) is 10.9 Å². The number of thiophene rings is 1. The van der Waals surface area contributed by atoms with E-state index in [0.29, 0.717) is 16.2 Å². The third kappa shape index (κ3) is 4.10. The highest BCUT2D eigenvalue weighted by atomic mass is 32.2. The second-order valence-corrected chi connectivity index (χ2v) is 7.59. The van der Waals surface area contributed by atoms with Gasteiger partial charge in [-0.3, -0.25) is 0 Å². The van der Waals surface area contributed by atoms with E-state index in [2.05, 4.69) is 9.97 Å². The van der Waals surface area contributed by atoms with Gasteiger partial charge >= 0.3 is 11.9 Å². The predicted octanol–water partition coefficient (Wildman–Crippen LogP) is 3.92. The van der Waals surface area contributed by atoms with Gasteiger partial charge in [-0.25, -0.2) is 19.6 Å². The highest BCUT2D eigenvalue weighted by Crippen LogP contribution is 2.37. The summed E-state index contributed by atoms with van der Waals surface area (Å²) in [5.41, 5.74) is 7.59. The van der Waals surface area contributed by atoms with Crippen LogP contribution in [0.15, 0.2) is 35.6 Å². The van der Waals surface area contributed by atoms with Crippen LogP contribution < -0.4 is 5.73 Å². The SMILES string of the molecule is CCOC(=O)c1sc(N)c(C(=O)OCC)c1CSc1ncnc2ccccc12. The van der Waals surface area contributed by atoms with Gasteiger partial charge < -0.3 is 15.2 Å². The summed E-state index contributed by atoms with van der Waals surface area (Å²) in [5, 5.41) is 1.89. The Balaban J connectivity index is 1.98. The van der Waals surface area contributed by atoms with Gasteiger partial charge in [0.2, 0.25) is 0 Å². The van der Waals surface area contributed by atoms with Gasteiger partial charge in [-0.1, -0.05) is 18.2 Å². The van der Waals surface area contributed by atoms with E-state index >= 15 is 0 Å². The molecule has 146 valence electrons. The fraction of sp³-hybridized carbons (Fsp3) is 0.263. The molecule has 0 spiro atoms. The summed E-state index contributed by atoms with van der Waals surface area (Å²) < 4.78 is 10.3. The molecule has 0 fully saturated rings. The molecule has 0 radical (unpaired) electrons. The minimum absolute atomic E-state index is 0.214. The van der Waals surface area contributed by atoms with Crippen LogP contribution in [0.3, 0.4) is 0 Å². The summed E-state index contributed by atoms with van der Waals surface area (Å²) in [4.78, 5) is 33.7. The van der Waals surface area contributed by atoms with Gasteiger partial charge in [0, 0.05) is 16.7 Å². The highest BCUT2D eigenvalue weighted by molar-refractivity contribution is 7.98. The Morgan fingerprint density at radius 3 is 2.57 bits per heavy atom. The number of hydrogen-bond donors (Lipinski definition) is 1. The van der Waals surface area contributed by atoms with Crippen molar-refractivity contribution in [2.24, 2.45) is 0 Å². The molecule has 9 heteroatoms. The number of nitrogen functional groups attached to an aromatic ring is 1. The van der Waals surface area contributed by atoms with Crippen LogP contribution in [0.2, 0.25) is 0 Å². The Bertz CT molecular complexity index is 1010. The predicted molar refractivity (Wildman–Crippen MR) is 110 cm³/mol. The van der Waals surface area contributed by atoms with Crippen molar-refractivity contribution in [2.75, 3.05) is 18.9 Å². The molecule has 2 aromatic heterocycles. The standard InChI is InChI=1S/C19H19N3O4S2/c1-3-25-18(23)14-12(15(28-16(14)20)19(24)26-4-2)9-27-17-11-7-5-6-8-13(11)21-10-22-17/h5-8,10H,3-4,9,20H2,1-2H3. The van der Waals surface area contributed by atoms with Crippen LogP contribution in [0.5, 0.6) is 0 Å². The zero-order chi connectivity index (χ0) is 20.1. The average Bonchev–Trinajstić information content (AvgIpc) is 3.03. The number of rotatable bonds is 7. The Morgan fingerprint density at radius 1 is 1.11 bits per heavy atom. The molecule has 0 aliphatic carbocycles. The molecule has 0 saturated carbocycles. The Morgan fingerprint density at radius 2 is 1.82 bits per heavy atom. The number of benzene rings is 1. The number of carbonyl (C=O) groups excluding carboxylic acids is 2. The number of ether oxygens (including phenoxy) is 2. The molecule has 1 aromatic carbocycles. The first kappa shape index (κ1) is 20.1. The topological polar surface area (TPSA) is 104 Å². The van der Waals surface area contributed by atoms with Crippen LogP contribution in [0.4, 0.5) is 5.00 Å². The molecule has 3 aromatic rings. The number of anilines is 1.